The summed E-state index contributed by atoms with van der Waals surface area (Å²) < 4.78 is 22.4. The van der Waals surface area contributed by atoms with E-state index in [1.807, 2.05) is 0 Å². The molecule has 6 heteroatoms. The average molecular weight is 312 g/mol. The van der Waals surface area contributed by atoms with Crippen LogP contribution in [0.25, 0.3) is 0 Å². The van der Waals surface area contributed by atoms with Crippen molar-refractivity contribution in [3.63, 3.8) is 0 Å². The molecule has 0 saturated carbocycles. The number of benzene rings is 2. The summed E-state index contributed by atoms with van der Waals surface area (Å²) >= 11 is 6.30. The first-order chi connectivity index (χ1) is 9.51. The van der Waals surface area contributed by atoms with Gasteiger partial charge in [-0.15, -0.1) is 0 Å². The van der Waals surface area contributed by atoms with Crippen LogP contribution >= 0.6 is 23.6 Å². The molecule has 2 rings (SSSR count). The number of nitrogens with one attached hydrogen (secondary N) is 1. The molecule has 0 spiro atoms. The molecule has 20 heavy (non-hydrogen) atoms. The lowest BCUT2D eigenvalue weighted by atomic mass is 10.2. The number of halogens is 2. The molecular weight excluding hydrogens is 301 g/mol. The minimum atomic E-state index is -0.403. The maximum Gasteiger partial charge on any atom is 0.255 e. The van der Waals surface area contributed by atoms with Crippen LogP contribution in [0.3, 0.4) is 0 Å². The fourth-order valence-electron chi connectivity index (χ4n) is 1.59. The molecule has 2 aromatic carbocycles. The van der Waals surface area contributed by atoms with Crippen molar-refractivity contribution in [2.45, 2.75) is 11.8 Å². The predicted octanol–water partition coefficient (Wildman–Crippen LogP) is 4.60. The lowest BCUT2D eigenvalue weighted by Gasteiger charge is -2.08. The van der Waals surface area contributed by atoms with Gasteiger partial charge in [-0.1, -0.05) is 17.7 Å². The fraction of sp³-hybridized carbons (Fsp3) is 0.0714. The number of amides is 1. The monoisotopic (exact) mass is 311 g/mol. The normalized spacial score (nSPS) is 10.4. The molecule has 0 unspecified atom stereocenters. The molecule has 3 nitrogen and oxygen atoms in total. The molecule has 0 fully saturated rings. The third-order valence-corrected chi connectivity index (χ3v) is 3.70. The van der Waals surface area contributed by atoms with Crippen LogP contribution in [0.5, 0.6) is 0 Å². The molecule has 0 heterocycles. The second kappa shape index (κ2) is 6.26. The number of hydrogen-bond donors (Lipinski definition) is 2. The molecule has 2 aromatic rings. The minimum Gasteiger partial charge on any atom is -0.325 e. The first-order valence-corrected chi connectivity index (χ1v) is 6.85. The summed E-state index contributed by atoms with van der Waals surface area (Å²) in [5, 5.41) is 2.94. The molecule has 0 atom stereocenters. The average Bonchev–Trinajstić information content (AvgIpc) is 2.43. The third-order valence-electron chi connectivity index (χ3n) is 2.72. The molecule has 0 aliphatic heterocycles. The molecule has 1 amide bonds. The van der Waals surface area contributed by atoms with Crippen LogP contribution < -0.4 is 5.32 Å². The Balaban J connectivity index is 2.21. The van der Waals surface area contributed by atoms with Crippen molar-refractivity contribution in [2.24, 2.45) is 0 Å². The van der Waals surface area contributed by atoms with Gasteiger partial charge in [0.2, 0.25) is 0 Å². The largest absolute Gasteiger partial charge is 0.325 e. The van der Waals surface area contributed by atoms with Crippen molar-refractivity contribution in [3.8, 4) is 0 Å². The fourth-order valence-corrected chi connectivity index (χ4v) is 2.14. The van der Waals surface area contributed by atoms with E-state index in [0.29, 0.717) is 38.8 Å². The Morgan fingerprint density at radius 1 is 1.30 bits per heavy atom. The van der Waals surface area contributed by atoms with E-state index in [1.165, 1.54) is 24.3 Å². The van der Waals surface area contributed by atoms with E-state index in [9.17, 15) is 9.18 Å². The molecule has 0 aromatic heterocycles. The summed E-state index contributed by atoms with van der Waals surface area (Å²) in [6, 6.07) is 8.97. The summed E-state index contributed by atoms with van der Waals surface area (Å²) in [6.07, 6.45) is 0. The third kappa shape index (κ3) is 3.30. The Labute approximate surface area is 125 Å². The van der Waals surface area contributed by atoms with E-state index in [1.54, 1.807) is 19.1 Å². The smallest absolute Gasteiger partial charge is 0.255 e. The van der Waals surface area contributed by atoms with Gasteiger partial charge in [0.15, 0.2) is 0 Å². The highest BCUT2D eigenvalue weighted by molar-refractivity contribution is 7.93. The molecule has 0 aliphatic carbocycles. The number of aryl methyl sites for hydroxylation is 1. The molecular formula is C14H11ClFNO2S. The van der Waals surface area contributed by atoms with Crippen molar-refractivity contribution in [2.75, 3.05) is 5.32 Å². The summed E-state index contributed by atoms with van der Waals surface area (Å²) in [4.78, 5) is 12.4. The number of carbonyl (C=O) groups is 1. The second-order valence-electron chi connectivity index (χ2n) is 4.15. The van der Waals surface area contributed by atoms with Gasteiger partial charge in [0.25, 0.3) is 5.91 Å². The molecule has 104 valence electrons. The molecule has 0 radical (unpaired) electrons. The molecule has 2 N–H and O–H groups in total. The summed E-state index contributed by atoms with van der Waals surface area (Å²) in [5.41, 5.74) is 1.20. The van der Waals surface area contributed by atoms with Crippen LogP contribution in [-0.2, 0) is 0 Å². The Morgan fingerprint density at radius 3 is 2.70 bits per heavy atom. The van der Waals surface area contributed by atoms with Gasteiger partial charge in [0.1, 0.15) is 5.82 Å². The Bertz CT molecular complexity index is 664. The lowest BCUT2D eigenvalue weighted by molar-refractivity contribution is 0.102. The highest BCUT2D eigenvalue weighted by atomic mass is 35.5. The van der Waals surface area contributed by atoms with E-state index < -0.39 is 5.91 Å². The van der Waals surface area contributed by atoms with E-state index in [4.69, 9.17) is 16.2 Å². The van der Waals surface area contributed by atoms with Gasteiger partial charge in [-0.25, -0.2) is 4.39 Å². The zero-order valence-corrected chi connectivity index (χ0v) is 12.1. The van der Waals surface area contributed by atoms with Gasteiger partial charge in [-0.2, -0.15) is 0 Å². The van der Waals surface area contributed by atoms with Crippen LogP contribution in [0.4, 0.5) is 10.1 Å². The molecule has 0 saturated heterocycles. The summed E-state index contributed by atoms with van der Waals surface area (Å²) in [7, 11) is 0. The van der Waals surface area contributed by atoms with Crippen LogP contribution in [0, 0.1) is 12.7 Å². The highest BCUT2D eigenvalue weighted by Crippen LogP contribution is 2.26. The SMILES string of the molecule is Cc1ccc(NC(=O)c2ccc(Cl)c(SO)c2)cc1F. The van der Waals surface area contributed by atoms with Gasteiger partial charge in [-0.3, -0.25) is 4.79 Å². The van der Waals surface area contributed by atoms with Crippen LogP contribution in [0.1, 0.15) is 15.9 Å². The Morgan fingerprint density at radius 2 is 2.05 bits per heavy atom. The lowest BCUT2D eigenvalue weighted by Crippen LogP contribution is -2.12. The van der Waals surface area contributed by atoms with Crippen molar-refractivity contribution in [1.29, 1.82) is 0 Å². The number of anilines is 1. The van der Waals surface area contributed by atoms with Crippen molar-refractivity contribution < 1.29 is 13.7 Å². The number of hydrogen-bond acceptors (Lipinski definition) is 3. The van der Waals surface area contributed by atoms with E-state index >= 15 is 0 Å². The van der Waals surface area contributed by atoms with E-state index in [0.717, 1.165) is 0 Å². The summed E-state index contributed by atoms with van der Waals surface area (Å²) in [5.74, 6) is -0.786. The maximum absolute atomic E-state index is 13.4. The first kappa shape index (κ1) is 14.8. The van der Waals surface area contributed by atoms with Gasteiger partial charge in [0.05, 0.1) is 9.92 Å². The number of carbonyl (C=O) groups excluding carboxylic acids is 1. The topological polar surface area (TPSA) is 49.3 Å². The minimum absolute atomic E-state index is 0.326. The number of rotatable bonds is 3. The van der Waals surface area contributed by atoms with Gasteiger partial charge < -0.3 is 9.87 Å². The van der Waals surface area contributed by atoms with Gasteiger partial charge in [0, 0.05) is 23.3 Å². The molecule has 0 aliphatic rings. The van der Waals surface area contributed by atoms with Crippen LogP contribution in [0.15, 0.2) is 41.3 Å². The van der Waals surface area contributed by atoms with Crippen molar-refractivity contribution in [3.05, 3.63) is 58.4 Å². The van der Waals surface area contributed by atoms with Gasteiger partial charge >= 0.3 is 0 Å². The summed E-state index contributed by atoms with van der Waals surface area (Å²) in [6.45, 7) is 1.64. The zero-order valence-electron chi connectivity index (χ0n) is 10.5. The first-order valence-electron chi connectivity index (χ1n) is 5.69. The second-order valence-corrected chi connectivity index (χ2v) is 5.18. The molecule has 0 bridgehead atoms. The highest BCUT2D eigenvalue weighted by Gasteiger charge is 2.10. The Hall–Kier alpha value is -1.56. The quantitative estimate of drug-likeness (QED) is 0.814. The predicted molar refractivity (Wildman–Crippen MR) is 79.0 cm³/mol. The Kier molecular flexibility index (Phi) is 4.65. The maximum atomic E-state index is 13.4. The van der Waals surface area contributed by atoms with Crippen LogP contribution in [0.2, 0.25) is 5.02 Å². The standard InChI is InChI=1S/C14H11ClFNO2S/c1-8-2-4-10(7-12(8)16)17-14(18)9-3-5-11(15)13(6-9)20-19/h2-7,19H,1H3,(H,17,18). The van der Waals surface area contributed by atoms with Gasteiger partial charge in [-0.05, 0) is 42.8 Å². The van der Waals surface area contributed by atoms with Crippen molar-refractivity contribution in [1.82, 2.24) is 0 Å². The van der Waals surface area contributed by atoms with Crippen molar-refractivity contribution >= 4 is 35.2 Å². The van der Waals surface area contributed by atoms with E-state index in [-0.39, 0.29) is 5.82 Å². The van der Waals surface area contributed by atoms with E-state index in [2.05, 4.69) is 5.32 Å². The van der Waals surface area contributed by atoms with Crippen LogP contribution in [-0.4, -0.2) is 10.5 Å². The zero-order chi connectivity index (χ0) is 14.7.